The van der Waals surface area contributed by atoms with Gasteiger partial charge in [0.2, 0.25) is 5.91 Å². The Morgan fingerprint density at radius 3 is 2.40 bits per heavy atom. The van der Waals surface area contributed by atoms with Crippen LogP contribution in [0.15, 0.2) is 48.5 Å². The number of halogens is 3. The summed E-state index contributed by atoms with van der Waals surface area (Å²) in [6.07, 6.45) is -2.49. The van der Waals surface area contributed by atoms with E-state index in [-0.39, 0.29) is 18.1 Å². The molecule has 2 amide bonds. The number of hydrogen-bond acceptors (Lipinski definition) is 3. The van der Waals surface area contributed by atoms with E-state index in [1.54, 1.807) is 24.3 Å². The van der Waals surface area contributed by atoms with E-state index in [0.29, 0.717) is 17.2 Å². The number of carbonyl (C=O) groups excluding carboxylic acids is 2. The fourth-order valence-corrected chi connectivity index (χ4v) is 3.32. The molecular formula is C22H24F3N3O2. The number of alkyl halides is 3. The molecule has 2 N–H and O–H groups in total. The molecule has 3 rings (SSSR count). The third-order valence-corrected chi connectivity index (χ3v) is 5.11. The molecule has 1 saturated heterocycles. The summed E-state index contributed by atoms with van der Waals surface area (Å²) in [6.45, 7) is 3.41. The highest BCUT2D eigenvalue weighted by Gasteiger charge is 2.30. The fourth-order valence-electron chi connectivity index (χ4n) is 3.32. The van der Waals surface area contributed by atoms with Crippen LogP contribution in [-0.4, -0.2) is 36.3 Å². The van der Waals surface area contributed by atoms with E-state index < -0.39 is 17.6 Å². The van der Waals surface area contributed by atoms with Crippen LogP contribution in [-0.2, 0) is 11.0 Å². The monoisotopic (exact) mass is 419 g/mol. The second-order valence-electron chi connectivity index (χ2n) is 7.54. The van der Waals surface area contributed by atoms with E-state index in [4.69, 9.17) is 0 Å². The molecule has 1 fully saturated rings. The number of anilines is 2. The average Bonchev–Trinajstić information content (AvgIpc) is 2.72. The van der Waals surface area contributed by atoms with Crippen LogP contribution < -0.4 is 10.6 Å². The summed E-state index contributed by atoms with van der Waals surface area (Å²) in [5.74, 6) is 0.118. The van der Waals surface area contributed by atoms with Gasteiger partial charge >= 0.3 is 6.18 Å². The van der Waals surface area contributed by atoms with Crippen LogP contribution in [0.25, 0.3) is 0 Å². The van der Waals surface area contributed by atoms with Gasteiger partial charge in [-0.25, -0.2) is 0 Å². The highest BCUT2D eigenvalue weighted by Crippen LogP contribution is 2.30. The standard InChI is InChI=1S/C22H24F3N3O2/c1-15-8-10-28(11-9-15)21(30)16-4-2-7-19(12-16)27-20(29)14-26-18-6-3-5-17(13-18)22(23,24)25/h2-7,12-13,15,26H,8-11,14H2,1H3,(H,27,29). The third kappa shape index (κ3) is 5.75. The molecule has 5 nitrogen and oxygen atoms in total. The van der Waals surface area contributed by atoms with Crippen molar-refractivity contribution in [3.63, 3.8) is 0 Å². The lowest BCUT2D eigenvalue weighted by Crippen LogP contribution is -2.37. The predicted octanol–water partition coefficient (Wildman–Crippen LogP) is 4.63. The van der Waals surface area contributed by atoms with Gasteiger partial charge in [-0.3, -0.25) is 9.59 Å². The highest BCUT2D eigenvalue weighted by atomic mass is 19.4. The van der Waals surface area contributed by atoms with Crippen molar-refractivity contribution >= 4 is 23.2 Å². The minimum absolute atomic E-state index is 0.0694. The first kappa shape index (κ1) is 21.7. The van der Waals surface area contributed by atoms with Gasteiger partial charge in [0.05, 0.1) is 12.1 Å². The van der Waals surface area contributed by atoms with Crippen LogP contribution in [0.4, 0.5) is 24.5 Å². The summed E-state index contributed by atoms with van der Waals surface area (Å²) in [7, 11) is 0. The van der Waals surface area contributed by atoms with Crippen LogP contribution >= 0.6 is 0 Å². The first-order chi connectivity index (χ1) is 14.2. The number of carbonyl (C=O) groups is 2. The van der Waals surface area contributed by atoms with Gasteiger partial charge in [-0.05, 0) is 55.2 Å². The molecule has 30 heavy (non-hydrogen) atoms. The van der Waals surface area contributed by atoms with Gasteiger partial charge in [-0.2, -0.15) is 13.2 Å². The summed E-state index contributed by atoms with van der Waals surface area (Å²) >= 11 is 0. The van der Waals surface area contributed by atoms with Crippen molar-refractivity contribution in [2.24, 2.45) is 5.92 Å². The third-order valence-electron chi connectivity index (χ3n) is 5.11. The second kappa shape index (κ2) is 9.19. The number of nitrogens with one attached hydrogen (secondary N) is 2. The molecule has 0 atom stereocenters. The molecule has 2 aromatic rings. The van der Waals surface area contributed by atoms with Crippen LogP contribution in [0.2, 0.25) is 0 Å². The smallest absolute Gasteiger partial charge is 0.376 e. The van der Waals surface area contributed by atoms with Crippen LogP contribution in [0.5, 0.6) is 0 Å². The van der Waals surface area contributed by atoms with E-state index in [1.165, 1.54) is 12.1 Å². The fraction of sp³-hybridized carbons (Fsp3) is 0.364. The largest absolute Gasteiger partial charge is 0.416 e. The summed E-state index contributed by atoms with van der Waals surface area (Å²) in [5, 5.41) is 5.35. The minimum atomic E-state index is -4.45. The van der Waals surface area contributed by atoms with Gasteiger partial charge < -0.3 is 15.5 Å². The van der Waals surface area contributed by atoms with Crippen LogP contribution in [0, 0.1) is 5.92 Å². The molecule has 8 heteroatoms. The molecule has 1 heterocycles. The van der Waals surface area contributed by atoms with Crippen molar-refractivity contribution in [3.8, 4) is 0 Å². The van der Waals surface area contributed by atoms with E-state index in [9.17, 15) is 22.8 Å². The summed E-state index contributed by atoms with van der Waals surface area (Å²) in [6, 6.07) is 11.3. The van der Waals surface area contributed by atoms with Crippen molar-refractivity contribution in [2.45, 2.75) is 25.9 Å². The van der Waals surface area contributed by atoms with E-state index in [2.05, 4.69) is 17.6 Å². The Morgan fingerprint density at radius 1 is 1.03 bits per heavy atom. The number of benzene rings is 2. The molecule has 0 unspecified atom stereocenters. The van der Waals surface area contributed by atoms with Crippen molar-refractivity contribution < 1.29 is 22.8 Å². The molecule has 0 spiro atoms. The summed E-state index contributed by atoms with van der Waals surface area (Å²) in [5.41, 5.74) is 0.365. The quantitative estimate of drug-likeness (QED) is 0.743. The Balaban J connectivity index is 1.57. The number of nitrogens with zero attached hydrogens (tertiary/aromatic N) is 1. The Bertz CT molecular complexity index is 906. The summed E-state index contributed by atoms with van der Waals surface area (Å²) < 4.78 is 38.3. The topological polar surface area (TPSA) is 61.4 Å². The molecule has 2 aromatic carbocycles. The molecule has 1 aliphatic rings. The van der Waals surface area contributed by atoms with Crippen molar-refractivity contribution in [1.82, 2.24) is 4.90 Å². The van der Waals surface area contributed by atoms with Gasteiger partial charge in [0, 0.05) is 30.0 Å². The molecule has 0 radical (unpaired) electrons. The lowest BCUT2D eigenvalue weighted by molar-refractivity contribution is -0.137. The zero-order valence-electron chi connectivity index (χ0n) is 16.6. The zero-order valence-corrected chi connectivity index (χ0v) is 16.6. The van der Waals surface area contributed by atoms with Gasteiger partial charge in [0.1, 0.15) is 0 Å². The summed E-state index contributed by atoms with van der Waals surface area (Å²) in [4.78, 5) is 26.7. The SMILES string of the molecule is CC1CCN(C(=O)c2cccc(NC(=O)CNc3cccc(C(F)(F)F)c3)c2)CC1. The lowest BCUT2D eigenvalue weighted by atomic mass is 9.98. The number of amides is 2. The number of rotatable bonds is 5. The number of likely N-dealkylation sites (tertiary alicyclic amines) is 1. The normalized spacial score (nSPS) is 15.0. The maximum atomic E-state index is 12.8. The zero-order chi connectivity index (χ0) is 21.7. The Kier molecular flexibility index (Phi) is 6.64. The first-order valence-electron chi connectivity index (χ1n) is 9.82. The molecular weight excluding hydrogens is 395 g/mol. The lowest BCUT2D eigenvalue weighted by Gasteiger charge is -2.30. The minimum Gasteiger partial charge on any atom is -0.376 e. The van der Waals surface area contributed by atoms with Gasteiger partial charge in [-0.1, -0.05) is 19.1 Å². The predicted molar refractivity (Wildman–Crippen MR) is 109 cm³/mol. The van der Waals surface area contributed by atoms with Gasteiger partial charge in [0.15, 0.2) is 0 Å². The Hall–Kier alpha value is -3.03. The van der Waals surface area contributed by atoms with Gasteiger partial charge in [-0.15, -0.1) is 0 Å². The maximum Gasteiger partial charge on any atom is 0.416 e. The molecule has 160 valence electrons. The number of piperidine rings is 1. The average molecular weight is 419 g/mol. The van der Waals surface area contributed by atoms with Crippen LogP contribution in [0.1, 0.15) is 35.7 Å². The molecule has 1 aliphatic heterocycles. The van der Waals surface area contributed by atoms with E-state index >= 15 is 0 Å². The van der Waals surface area contributed by atoms with Crippen molar-refractivity contribution in [2.75, 3.05) is 30.3 Å². The van der Waals surface area contributed by atoms with E-state index in [0.717, 1.165) is 38.1 Å². The Labute approximate surface area is 173 Å². The van der Waals surface area contributed by atoms with Crippen LogP contribution in [0.3, 0.4) is 0 Å². The Morgan fingerprint density at radius 2 is 1.70 bits per heavy atom. The molecule has 0 saturated carbocycles. The maximum absolute atomic E-state index is 12.8. The van der Waals surface area contributed by atoms with E-state index in [1.807, 2.05) is 4.90 Å². The molecule has 0 bridgehead atoms. The molecule has 0 aliphatic carbocycles. The van der Waals surface area contributed by atoms with Gasteiger partial charge in [0.25, 0.3) is 5.91 Å². The second-order valence-corrected chi connectivity index (χ2v) is 7.54. The molecule has 0 aromatic heterocycles. The van der Waals surface area contributed by atoms with Crippen molar-refractivity contribution in [1.29, 1.82) is 0 Å². The highest BCUT2D eigenvalue weighted by molar-refractivity contribution is 5.98. The first-order valence-corrected chi connectivity index (χ1v) is 9.82. The number of hydrogen-bond donors (Lipinski definition) is 2. The van der Waals surface area contributed by atoms with Crippen molar-refractivity contribution in [3.05, 3.63) is 59.7 Å².